The van der Waals surface area contributed by atoms with Gasteiger partial charge < -0.3 is 4.65 Å². The van der Waals surface area contributed by atoms with Gasteiger partial charge in [-0.2, -0.15) is 0 Å². The van der Waals surface area contributed by atoms with Gasteiger partial charge in [-0.3, -0.25) is 9.63 Å². The van der Waals surface area contributed by atoms with Crippen LogP contribution in [0, 0.1) is 5.92 Å². The Morgan fingerprint density at radius 2 is 2.10 bits per heavy atom. The van der Waals surface area contributed by atoms with Crippen LogP contribution in [-0.2, 0) is 14.3 Å². The normalized spacial score (nSPS) is 13.2. The van der Waals surface area contributed by atoms with Crippen LogP contribution < -0.4 is 5.90 Å². The molecule has 0 aromatic carbocycles. The van der Waals surface area contributed by atoms with Crippen molar-refractivity contribution in [2.75, 3.05) is 0 Å². The minimum absolute atomic E-state index is 0.0407. The monoisotopic (exact) mass is 143 g/mol. The number of hydrogen-bond acceptors (Lipinski definition) is 4. The van der Waals surface area contributed by atoms with Crippen molar-refractivity contribution in [3.8, 4) is 0 Å². The second-order valence-corrected chi connectivity index (χ2v) is 2.24. The summed E-state index contributed by atoms with van der Waals surface area (Å²) in [7, 11) is 4.60. The number of rotatable bonds is 3. The Bertz CT molecular complexity index is 117. The van der Waals surface area contributed by atoms with Crippen molar-refractivity contribution in [1.82, 2.24) is 0 Å². The number of carbonyl (C=O) groups is 1. The summed E-state index contributed by atoms with van der Waals surface area (Å²) in [6, 6.07) is 0. The van der Waals surface area contributed by atoms with Gasteiger partial charge in [0.1, 0.15) is 0 Å². The molecule has 0 unspecified atom stereocenters. The van der Waals surface area contributed by atoms with Crippen molar-refractivity contribution in [2.24, 2.45) is 11.8 Å². The number of hydrogen-bond donors (Lipinski definition) is 1. The summed E-state index contributed by atoms with van der Waals surface area (Å²) >= 11 is 0. The summed E-state index contributed by atoms with van der Waals surface area (Å²) in [5.41, 5.74) is 0. The molecule has 2 radical (unpaired) electrons. The molecule has 2 N–H and O–H groups in total. The molecule has 0 amide bonds. The second kappa shape index (κ2) is 4.30. The van der Waals surface area contributed by atoms with Crippen molar-refractivity contribution in [3.05, 3.63) is 0 Å². The molecular weight excluding hydrogens is 133 g/mol. The van der Waals surface area contributed by atoms with E-state index in [2.05, 4.69) is 17.5 Å². The molecule has 0 bridgehead atoms. The van der Waals surface area contributed by atoms with E-state index in [-0.39, 0.29) is 5.92 Å². The van der Waals surface area contributed by atoms with Crippen LogP contribution in [0.4, 0.5) is 0 Å². The fourth-order valence-corrected chi connectivity index (χ4v) is 0.552. The molecule has 0 fully saturated rings. The van der Waals surface area contributed by atoms with Gasteiger partial charge in [0.05, 0.1) is 0 Å². The molecule has 4 nitrogen and oxygen atoms in total. The number of nitrogens with two attached hydrogens (primary N) is 1. The van der Waals surface area contributed by atoms with Gasteiger partial charge in [-0.25, -0.2) is 5.90 Å². The summed E-state index contributed by atoms with van der Waals surface area (Å²) in [6.07, 6.45) is -0.773. The van der Waals surface area contributed by atoms with E-state index < -0.39 is 12.1 Å². The van der Waals surface area contributed by atoms with Crippen molar-refractivity contribution in [3.63, 3.8) is 0 Å². The molecule has 0 rings (SSSR count). The smallest absolute Gasteiger partial charge is 0.378 e. The van der Waals surface area contributed by atoms with Gasteiger partial charge in [-0.05, 0) is 5.92 Å². The highest BCUT2D eigenvalue weighted by Gasteiger charge is 2.22. The Labute approximate surface area is 61.1 Å². The average Bonchev–Trinajstić information content (AvgIpc) is 1.88. The summed E-state index contributed by atoms with van der Waals surface area (Å²) in [5.74, 6) is 4.10. The highest BCUT2D eigenvalue weighted by molar-refractivity contribution is 6.06. The Morgan fingerprint density at radius 1 is 1.60 bits per heavy atom. The van der Waals surface area contributed by atoms with Gasteiger partial charge in [0, 0.05) is 0 Å². The van der Waals surface area contributed by atoms with E-state index in [1.54, 1.807) is 13.8 Å². The van der Waals surface area contributed by atoms with Crippen LogP contribution in [0.3, 0.4) is 0 Å². The molecule has 0 saturated carbocycles. The van der Waals surface area contributed by atoms with Gasteiger partial charge in [-0.15, -0.1) is 0 Å². The zero-order chi connectivity index (χ0) is 8.15. The van der Waals surface area contributed by atoms with E-state index in [0.717, 1.165) is 0 Å². The molecule has 0 aliphatic carbocycles. The first-order valence-corrected chi connectivity index (χ1v) is 2.89. The molecule has 1 atom stereocenters. The van der Waals surface area contributed by atoms with Gasteiger partial charge >= 0.3 is 14.0 Å². The Balaban J connectivity index is 3.93. The van der Waals surface area contributed by atoms with Gasteiger partial charge in [-0.1, -0.05) is 13.8 Å². The minimum atomic E-state index is -0.773. The lowest BCUT2D eigenvalue weighted by Gasteiger charge is -2.14. The van der Waals surface area contributed by atoms with Gasteiger partial charge in [0.2, 0.25) is 0 Å². The molecule has 0 saturated heterocycles. The maximum atomic E-state index is 10.6. The maximum absolute atomic E-state index is 10.6. The third kappa shape index (κ3) is 2.37. The third-order valence-corrected chi connectivity index (χ3v) is 1.10. The first kappa shape index (κ1) is 9.45. The minimum Gasteiger partial charge on any atom is -0.541 e. The summed E-state index contributed by atoms with van der Waals surface area (Å²) in [6.45, 7) is 3.54. The van der Waals surface area contributed by atoms with Crippen LogP contribution in [-0.4, -0.2) is 20.1 Å². The Kier molecular flexibility index (Phi) is 4.06. The van der Waals surface area contributed by atoms with Gasteiger partial charge in [0.25, 0.3) is 0 Å². The molecule has 5 heteroatoms. The first-order chi connectivity index (χ1) is 4.63. The van der Waals surface area contributed by atoms with Crippen molar-refractivity contribution in [1.29, 1.82) is 0 Å². The van der Waals surface area contributed by atoms with E-state index in [9.17, 15) is 4.79 Å². The van der Waals surface area contributed by atoms with Gasteiger partial charge in [0.15, 0.2) is 6.10 Å². The predicted octanol–water partition coefficient (Wildman–Crippen LogP) is -0.472. The molecule has 0 heterocycles. The topological polar surface area (TPSA) is 61.5 Å². The zero-order valence-electron chi connectivity index (χ0n) is 6.03. The summed E-state index contributed by atoms with van der Waals surface area (Å²) in [4.78, 5) is 14.9. The molecule has 0 aromatic rings. The second-order valence-electron chi connectivity index (χ2n) is 2.24. The predicted molar refractivity (Wildman–Crippen MR) is 35.7 cm³/mol. The average molecular weight is 143 g/mol. The quantitative estimate of drug-likeness (QED) is 0.428. The van der Waals surface area contributed by atoms with E-state index in [1.165, 1.54) is 0 Å². The van der Waals surface area contributed by atoms with E-state index in [1.807, 2.05) is 0 Å². The van der Waals surface area contributed by atoms with Crippen LogP contribution in [0.5, 0.6) is 0 Å². The Morgan fingerprint density at radius 3 is 2.20 bits per heavy atom. The molecule has 0 aliphatic rings. The van der Waals surface area contributed by atoms with Crippen LogP contribution >= 0.6 is 0 Å². The molecular formula is C5H10BNO3. The van der Waals surface area contributed by atoms with Crippen molar-refractivity contribution < 1.29 is 14.3 Å². The van der Waals surface area contributed by atoms with Crippen LogP contribution in [0.25, 0.3) is 0 Å². The largest absolute Gasteiger partial charge is 0.541 e. The molecule has 0 aromatic heterocycles. The molecule has 0 aliphatic heterocycles. The first-order valence-electron chi connectivity index (χ1n) is 2.89. The molecule has 56 valence electrons. The lowest BCUT2D eigenvalue weighted by atomic mass is 10.1. The van der Waals surface area contributed by atoms with Crippen molar-refractivity contribution in [2.45, 2.75) is 20.0 Å². The maximum Gasteiger partial charge on any atom is 0.378 e. The zero-order valence-corrected chi connectivity index (χ0v) is 6.03. The van der Waals surface area contributed by atoms with E-state index >= 15 is 0 Å². The Hall–Kier alpha value is -0.545. The highest BCUT2D eigenvalue weighted by atomic mass is 16.6. The highest BCUT2D eigenvalue weighted by Crippen LogP contribution is 2.04. The molecule has 0 spiro atoms. The van der Waals surface area contributed by atoms with Crippen LogP contribution in [0.1, 0.15) is 13.8 Å². The number of carbonyl (C=O) groups excluding carboxylic acids is 1. The van der Waals surface area contributed by atoms with E-state index in [0.29, 0.717) is 0 Å². The fraction of sp³-hybridized carbons (Fsp3) is 0.800. The summed E-state index contributed by atoms with van der Waals surface area (Å²) in [5, 5.41) is 0. The lowest BCUT2D eigenvalue weighted by Crippen LogP contribution is -2.33. The summed E-state index contributed by atoms with van der Waals surface area (Å²) < 4.78 is 3.92. The molecule has 10 heavy (non-hydrogen) atoms. The fourth-order valence-electron chi connectivity index (χ4n) is 0.552. The van der Waals surface area contributed by atoms with Crippen molar-refractivity contribution >= 4 is 14.0 Å². The SMILES string of the molecule is [B]OC(=O)[C@@H](ON)C(C)C. The van der Waals surface area contributed by atoms with Crippen LogP contribution in [0.2, 0.25) is 0 Å². The van der Waals surface area contributed by atoms with Crippen LogP contribution in [0.15, 0.2) is 0 Å². The van der Waals surface area contributed by atoms with E-state index in [4.69, 9.17) is 5.90 Å². The standard InChI is InChI=1S/C5H10BNO3/c1-3(2)4(10-7)5(8)9-6/h3-4H,7H2,1-2H3/t4-/m0/s1. The lowest BCUT2D eigenvalue weighted by molar-refractivity contribution is -0.150. The third-order valence-electron chi connectivity index (χ3n) is 1.10.